The molecular weight excluding hydrogens is 202 g/mol. The molecule has 1 fully saturated rings. The van der Waals surface area contributed by atoms with E-state index in [9.17, 15) is 0 Å². The standard InChI is InChI=1S/C12H13N3O/c1-16-8-4-10-12(15-5-8)11(7-2-3-7)9(13)6-14-10/h4-7H,2-3,13H2,1H3. The zero-order valence-electron chi connectivity index (χ0n) is 9.10. The van der Waals surface area contributed by atoms with Gasteiger partial charge in [0.05, 0.1) is 36.2 Å². The Morgan fingerprint density at radius 1 is 1.31 bits per heavy atom. The van der Waals surface area contributed by atoms with Crippen molar-refractivity contribution in [2.75, 3.05) is 12.8 Å². The number of nitrogen functional groups attached to an aromatic ring is 1. The molecule has 0 aliphatic heterocycles. The Bertz CT molecular complexity index is 549. The van der Waals surface area contributed by atoms with Gasteiger partial charge >= 0.3 is 0 Å². The number of anilines is 1. The van der Waals surface area contributed by atoms with E-state index in [4.69, 9.17) is 10.5 Å². The molecular formula is C12H13N3O. The highest BCUT2D eigenvalue weighted by molar-refractivity contribution is 5.84. The second-order valence-corrected chi connectivity index (χ2v) is 4.14. The van der Waals surface area contributed by atoms with E-state index in [1.54, 1.807) is 19.5 Å². The van der Waals surface area contributed by atoms with E-state index < -0.39 is 0 Å². The van der Waals surface area contributed by atoms with Crippen molar-refractivity contribution in [2.45, 2.75) is 18.8 Å². The molecule has 0 radical (unpaired) electrons. The van der Waals surface area contributed by atoms with Crippen molar-refractivity contribution in [2.24, 2.45) is 0 Å². The predicted octanol–water partition coefficient (Wildman–Crippen LogP) is 2.10. The average Bonchev–Trinajstić information content (AvgIpc) is 3.12. The summed E-state index contributed by atoms with van der Waals surface area (Å²) in [6.45, 7) is 0. The Morgan fingerprint density at radius 2 is 2.12 bits per heavy atom. The molecule has 2 aromatic rings. The van der Waals surface area contributed by atoms with Crippen LogP contribution >= 0.6 is 0 Å². The van der Waals surface area contributed by atoms with E-state index >= 15 is 0 Å². The lowest BCUT2D eigenvalue weighted by Crippen LogP contribution is -1.98. The number of methoxy groups -OCH3 is 1. The second kappa shape index (κ2) is 3.33. The first-order valence-electron chi connectivity index (χ1n) is 5.37. The number of pyridine rings is 2. The Labute approximate surface area is 93.5 Å². The third kappa shape index (κ3) is 1.38. The van der Waals surface area contributed by atoms with Crippen molar-refractivity contribution in [1.29, 1.82) is 0 Å². The van der Waals surface area contributed by atoms with Crippen molar-refractivity contribution in [3.63, 3.8) is 0 Å². The number of nitrogens with zero attached hydrogens (tertiary/aromatic N) is 2. The van der Waals surface area contributed by atoms with E-state index in [0.29, 0.717) is 5.92 Å². The van der Waals surface area contributed by atoms with Gasteiger partial charge in [-0.2, -0.15) is 0 Å². The molecule has 0 atom stereocenters. The minimum Gasteiger partial charge on any atom is -0.495 e. The van der Waals surface area contributed by atoms with Gasteiger partial charge in [-0.3, -0.25) is 9.97 Å². The maximum absolute atomic E-state index is 5.96. The van der Waals surface area contributed by atoms with Gasteiger partial charge in [-0.05, 0) is 18.8 Å². The molecule has 0 amide bonds. The zero-order valence-corrected chi connectivity index (χ0v) is 9.10. The van der Waals surface area contributed by atoms with E-state index in [-0.39, 0.29) is 0 Å². The SMILES string of the molecule is COc1cnc2c(C3CC3)c(N)cnc2c1. The number of hydrogen-bond acceptors (Lipinski definition) is 4. The summed E-state index contributed by atoms with van der Waals surface area (Å²) in [4.78, 5) is 8.70. The fraction of sp³-hybridized carbons (Fsp3) is 0.333. The fourth-order valence-electron chi connectivity index (χ4n) is 2.00. The number of fused-ring (bicyclic) bond motifs is 1. The summed E-state index contributed by atoms with van der Waals surface area (Å²) in [6.07, 6.45) is 5.85. The molecule has 2 aromatic heterocycles. The van der Waals surface area contributed by atoms with Crippen molar-refractivity contribution in [3.8, 4) is 5.75 Å². The van der Waals surface area contributed by atoms with Crippen LogP contribution in [0, 0.1) is 0 Å². The summed E-state index contributed by atoms with van der Waals surface area (Å²) in [7, 11) is 1.63. The Hall–Kier alpha value is -1.84. The molecule has 1 aliphatic rings. The van der Waals surface area contributed by atoms with E-state index in [0.717, 1.165) is 28.0 Å². The van der Waals surface area contributed by atoms with Gasteiger partial charge in [0.1, 0.15) is 5.75 Å². The van der Waals surface area contributed by atoms with Crippen LogP contribution in [0.3, 0.4) is 0 Å². The smallest absolute Gasteiger partial charge is 0.139 e. The first-order valence-corrected chi connectivity index (χ1v) is 5.37. The minimum atomic E-state index is 0.575. The first-order chi connectivity index (χ1) is 7.79. The quantitative estimate of drug-likeness (QED) is 0.833. The van der Waals surface area contributed by atoms with Crippen LogP contribution in [0.25, 0.3) is 11.0 Å². The molecule has 4 heteroatoms. The molecule has 0 saturated heterocycles. The molecule has 0 bridgehead atoms. The number of aromatic nitrogens is 2. The van der Waals surface area contributed by atoms with Gasteiger partial charge in [-0.1, -0.05) is 0 Å². The van der Waals surface area contributed by atoms with E-state index in [2.05, 4.69) is 9.97 Å². The number of ether oxygens (including phenoxy) is 1. The Balaban J connectivity index is 2.26. The molecule has 2 heterocycles. The summed E-state index contributed by atoms with van der Waals surface area (Å²) >= 11 is 0. The Kier molecular flexibility index (Phi) is 1.96. The van der Waals surface area contributed by atoms with Crippen molar-refractivity contribution >= 4 is 16.7 Å². The van der Waals surface area contributed by atoms with Gasteiger partial charge in [0.25, 0.3) is 0 Å². The number of nitrogens with two attached hydrogens (primary N) is 1. The van der Waals surface area contributed by atoms with Gasteiger partial charge in [-0.25, -0.2) is 0 Å². The molecule has 16 heavy (non-hydrogen) atoms. The molecule has 0 unspecified atom stereocenters. The van der Waals surface area contributed by atoms with Crippen molar-refractivity contribution in [1.82, 2.24) is 9.97 Å². The number of hydrogen-bond donors (Lipinski definition) is 1. The minimum absolute atomic E-state index is 0.575. The van der Waals surface area contributed by atoms with Gasteiger partial charge < -0.3 is 10.5 Å². The summed E-state index contributed by atoms with van der Waals surface area (Å²) in [5, 5.41) is 0. The van der Waals surface area contributed by atoms with Crippen LogP contribution in [0.5, 0.6) is 5.75 Å². The lowest BCUT2D eigenvalue weighted by Gasteiger charge is -2.08. The fourth-order valence-corrected chi connectivity index (χ4v) is 2.00. The van der Waals surface area contributed by atoms with Crippen LogP contribution in [0.2, 0.25) is 0 Å². The second-order valence-electron chi connectivity index (χ2n) is 4.14. The van der Waals surface area contributed by atoms with Gasteiger partial charge in [0.15, 0.2) is 0 Å². The lowest BCUT2D eigenvalue weighted by atomic mass is 10.1. The predicted molar refractivity (Wildman–Crippen MR) is 62.5 cm³/mol. The molecule has 0 aromatic carbocycles. The monoisotopic (exact) mass is 215 g/mol. The van der Waals surface area contributed by atoms with Crippen LogP contribution in [0.15, 0.2) is 18.5 Å². The summed E-state index contributed by atoms with van der Waals surface area (Å²) in [5.41, 5.74) is 9.66. The largest absolute Gasteiger partial charge is 0.495 e. The maximum Gasteiger partial charge on any atom is 0.139 e. The van der Waals surface area contributed by atoms with Gasteiger partial charge in [0.2, 0.25) is 0 Å². The molecule has 1 aliphatic carbocycles. The third-order valence-corrected chi connectivity index (χ3v) is 2.97. The summed E-state index contributed by atoms with van der Waals surface area (Å²) in [5.74, 6) is 1.30. The van der Waals surface area contributed by atoms with Crippen LogP contribution in [-0.4, -0.2) is 17.1 Å². The van der Waals surface area contributed by atoms with E-state index in [1.165, 1.54) is 12.8 Å². The van der Waals surface area contributed by atoms with E-state index in [1.807, 2.05) is 6.07 Å². The zero-order chi connectivity index (χ0) is 11.1. The highest BCUT2D eigenvalue weighted by atomic mass is 16.5. The van der Waals surface area contributed by atoms with Crippen LogP contribution in [0.4, 0.5) is 5.69 Å². The summed E-state index contributed by atoms with van der Waals surface area (Å²) in [6, 6.07) is 1.90. The highest BCUT2D eigenvalue weighted by Gasteiger charge is 2.28. The average molecular weight is 215 g/mol. The molecule has 4 nitrogen and oxygen atoms in total. The molecule has 1 saturated carbocycles. The number of rotatable bonds is 2. The van der Waals surface area contributed by atoms with Crippen LogP contribution in [-0.2, 0) is 0 Å². The summed E-state index contributed by atoms with van der Waals surface area (Å²) < 4.78 is 5.13. The Morgan fingerprint density at radius 3 is 2.81 bits per heavy atom. The first kappa shape index (κ1) is 9.39. The normalized spacial score (nSPS) is 15.3. The molecule has 82 valence electrons. The molecule has 3 rings (SSSR count). The van der Waals surface area contributed by atoms with Gasteiger partial charge in [-0.15, -0.1) is 0 Å². The van der Waals surface area contributed by atoms with Crippen molar-refractivity contribution < 1.29 is 4.74 Å². The molecule has 0 spiro atoms. The highest BCUT2D eigenvalue weighted by Crippen LogP contribution is 2.45. The van der Waals surface area contributed by atoms with Crippen molar-refractivity contribution in [3.05, 3.63) is 24.0 Å². The topological polar surface area (TPSA) is 61.0 Å². The lowest BCUT2D eigenvalue weighted by molar-refractivity contribution is 0.413. The molecule has 2 N–H and O–H groups in total. The third-order valence-electron chi connectivity index (χ3n) is 2.97. The van der Waals surface area contributed by atoms with Gasteiger partial charge in [0, 0.05) is 11.6 Å². The van der Waals surface area contributed by atoms with Crippen LogP contribution < -0.4 is 10.5 Å². The maximum atomic E-state index is 5.96. The van der Waals surface area contributed by atoms with Crippen LogP contribution in [0.1, 0.15) is 24.3 Å².